The zero-order chi connectivity index (χ0) is 21.2. The Labute approximate surface area is 130 Å². The van der Waals surface area contributed by atoms with Crippen molar-refractivity contribution >= 4 is 0 Å². The van der Waals surface area contributed by atoms with Gasteiger partial charge in [-0.15, -0.1) is 0 Å². The smallest absolute Gasteiger partial charge is 0.198 e. The fraction of sp³-hybridized carbons (Fsp3) is 1.00. The molecule has 0 bridgehead atoms. The van der Waals surface area contributed by atoms with Crippen LogP contribution in [0.2, 0.25) is 0 Å². The molecule has 2 aliphatic heterocycles. The fourth-order valence-corrected chi connectivity index (χ4v) is 2.49. The van der Waals surface area contributed by atoms with Crippen LogP contribution in [0.3, 0.4) is 0 Å². The van der Waals surface area contributed by atoms with E-state index < -0.39 is 58.6 Å². The standard InChI is InChI=1S/C9HF16N/c10-2(11)1-3(12,13)5(16,17)7(20,21)9(24,25)26(1)8(22,23)6(18,19)4(2,14)15/h1H. The molecule has 0 aromatic carbocycles. The second-order valence-electron chi connectivity index (χ2n) is 5.40. The van der Waals surface area contributed by atoms with E-state index in [9.17, 15) is 70.2 Å². The molecule has 2 heterocycles. The first-order valence-electron chi connectivity index (χ1n) is 5.81. The molecule has 0 N–H and O–H groups in total. The number of halogens is 16. The largest absolute Gasteiger partial charge is 0.392 e. The van der Waals surface area contributed by atoms with Crippen molar-refractivity contribution in [2.75, 3.05) is 0 Å². The summed E-state index contributed by atoms with van der Waals surface area (Å²) < 4.78 is 211. The van der Waals surface area contributed by atoms with Gasteiger partial charge in [-0.25, -0.2) is 0 Å². The van der Waals surface area contributed by atoms with E-state index in [4.69, 9.17) is 0 Å². The van der Waals surface area contributed by atoms with Gasteiger partial charge in [-0.1, -0.05) is 0 Å². The van der Waals surface area contributed by atoms with Gasteiger partial charge in [0.25, 0.3) is 0 Å². The summed E-state index contributed by atoms with van der Waals surface area (Å²) in [5.74, 6) is -45.2. The van der Waals surface area contributed by atoms with E-state index in [-0.39, 0.29) is 0 Å². The van der Waals surface area contributed by atoms with Crippen molar-refractivity contribution in [1.29, 1.82) is 0 Å². The molecule has 2 rings (SSSR count). The van der Waals surface area contributed by atoms with E-state index in [1.807, 2.05) is 0 Å². The molecule has 0 aromatic heterocycles. The second-order valence-corrected chi connectivity index (χ2v) is 5.40. The SMILES string of the molecule is FC1(F)C2N(C(F)(F)C(F)(F)C1(F)F)C(F)(F)C(F)(F)C(F)(F)C2(F)F. The maximum atomic E-state index is 13.4. The van der Waals surface area contributed by atoms with Crippen molar-refractivity contribution in [3.63, 3.8) is 0 Å². The average Bonchev–Trinajstić information content (AvgIpc) is 2.39. The minimum atomic E-state index is -7.62. The van der Waals surface area contributed by atoms with Crippen LogP contribution < -0.4 is 0 Å². The van der Waals surface area contributed by atoms with Crippen molar-refractivity contribution in [2.45, 2.75) is 53.7 Å². The monoisotopic (exact) mass is 427 g/mol. The highest BCUT2D eigenvalue weighted by molar-refractivity contribution is 5.26. The van der Waals surface area contributed by atoms with Gasteiger partial charge in [0.15, 0.2) is 6.04 Å². The Kier molecular flexibility index (Phi) is 3.62. The predicted octanol–water partition coefficient (Wildman–Crippen LogP) is 4.68. The number of hydrogen-bond donors (Lipinski definition) is 0. The Morgan fingerprint density at radius 2 is 0.615 bits per heavy atom. The third-order valence-electron chi connectivity index (χ3n) is 3.93. The predicted molar refractivity (Wildman–Crippen MR) is 45.2 cm³/mol. The van der Waals surface area contributed by atoms with E-state index in [1.54, 1.807) is 0 Å². The van der Waals surface area contributed by atoms with Crippen LogP contribution in [0, 0.1) is 0 Å². The Hall–Kier alpha value is -1.16. The molecule has 1 nitrogen and oxygen atoms in total. The first kappa shape index (κ1) is 21.1. The van der Waals surface area contributed by atoms with Crippen molar-refractivity contribution in [2.24, 2.45) is 0 Å². The maximum absolute atomic E-state index is 13.4. The highest BCUT2D eigenvalue weighted by atomic mass is 19.4. The summed E-state index contributed by atoms with van der Waals surface area (Å²) >= 11 is 0. The molecule has 2 saturated heterocycles. The molecule has 0 atom stereocenters. The van der Waals surface area contributed by atoms with Crippen molar-refractivity contribution < 1.29 is 70.2 Å². The number of rotatable bonds is 0. The summed E-state index contributed by atoms with van der Waals surface area (Å²) in [6, 6.07) is -21.1. The van der Waals surface area contributed by atoms with E-state index in [2.05, 4.69) is 0 Å². The van der Waals surface area contributed by atoms with Gasteiger partial charge in [-0.3, -0.25) is 0 Å². The molecule has 0 saturated carbocycles. The first-order chi connectivity index (χ1) is 11.0. The molecule has 0 unspecified atom stereocenters. The zero-order valence-corrected chi connectivity index (χ0v) is 11.1. The van der Waals surface area contributed by atoms with Gasteiger partial charge in [0.2, 0.25) is 0 Å². The molecule has 26 heavy (non-hydrogen) atoms. The molecule has 0 amide bonds. The normalized spacial score (nSPS) is 35.5. The fourth-order valence-electron chi connectivity index (χ4n) is 2.49. The van der Waals surface area contributed by atoms with Gasteiger partial charge in [0.1, 0.15) is 0 Å². The van der Waals surface area contributed by atoms with Gasteiger partial charge in [-0.05, 0) is 0 Å². The van der Waals surface area contributed by atoms with Crippen LogP contribution in [-0.4, -0.2) is 58.6 Å². The Balaban J connectivity index is 2.99. The van der Waals surface area contributed by atoms with Gasteiger partial charge in [0.05, 0.1) is 0 Å². The summed E-state index contributed by atoms with van der Waals surface area (Å²) in [4.78, 5) is -3.66. The van der Waals surface area contributed by atoms with Crippen molar-refractivity contribution in [3.05, 3.63) is 0 Å². The molecule has 2 aliphatic rings. The van der Waals surface area contributed by atoms with E-state index in [1.165, 1.54) is 0 Å². The number of fused-ring (bicyclic) bond motifs is 1. The lowest BCUT2D eigenvalue weighted by atomic mass is 9.77. The Morgan fingerprint density at radius 3 is 0.846 bits per heavy atom. The second kappa shape index (κ2) is 4.45. The zero-order valence-electron chi connectivity index (χ0n) is 11.1. The van der Waals surface area contributed by atoms with Crippen LogP contribution in [0.15, 0.2) is 0 Å². The first-order valence-corrected chi connectivity index (χ1v) is 5.81. The summed E-state index contributed by atoms with van der Waals surface area (Å²) in [5, 5.41) is 0. The van der Waals surface area contributed by atoms with Crippen LogP contribution in [0.25, 0.3) is 0 Å². The molecule has 0 aromatic rings. The number of hydrogen-bond acceptors (Lipinski definition) is 1. The highest BCUT2D eigenvalue weighted by Gasteiger charge is 3.02. The molecular formula is C9HF16N. The van der Waals surface area contributed by atoms with Crippen LogP contribution in [0.4, 0.5) is 70.2 Å². The lowest BCUT2D eigenvalue weighted by molar-refractivity contribution is -0.546. The van der Waals surface area contributed by atoms with Crippen molar-refractivity contribution in [1.82, 2.24) is 4.90 Å². The lowest BCUT2D eigenvalue weighted by Crippen LogP contribution is -2.91. The van der Waals surface area contributed by atoms with E-state index >= 15 is 0 Å². The molecule has 0 radical (unpaired) electrons. The van der Waals surface area contributed by atoms with E-state index in [0.29, 0.717) is 0 Å². The molecule has 0 spiro atoms. The van der Waals surface area contributed by atoms with Crippen LogP contribution in [0.5, 0.6) is 0 Å². The quantitative estimate of drug-likeness (QED) is 0.401. The minimum Gasteiger partial charge on any atom is -0.198 e. The molecule has 0 aliphatic carbocycles. The molecular weight excluding hydrogens is 426 g/mol. The Morgan fingerprint density at radius 1 is 0.385 bits per heavy atom. The molecule has 154 valence electrons. The summed E-state index contributed by atoms with van der Waals surface area (Å²) in [6.07, 6.45) is 0. The minimum absolute atomic E-state index is 3.66. The molecule has 17 heteroatoms. The van der Waals surface area contributed by atoms with Crippen LogP contribution in [0.1, 0.15) is 0 Å². The third-order valence-corrected chi connectivity index (χ3v) is 3.93. The number of alkyl halides is 16. The summed E-state index contributed by atoms with van der Waals surface area (Å²) in [6.45, 7) is 0. The lowest BCUT2D eigenvalue weighted by Gasteiger charge is -2.60. The number of piperidine rings is 2. The highest BCUT2D eigenvalue weighted by Crippen LogP contribution is 2.71. The van der Waals surface area contributed by atoms with Gasteiger partial charge >= 0.3 is 47.6 Å². The topological polar surface area (TPSA) is 3.24 Å². The summed E-state index contributed by atoms with van der Waals surface area (Å²) in [7, 11) is 0. The molecule has 2 fully saturated rings. The van der Waals surface area contributed by atoms with Gasteiger partial charge in [0, 0.05) is 0 Å². The van der Waals surface area contributed by atoms with Crippen LogP contribution in [-0.2, 0) is 0 Å². The average molecular weight is 427 g/mol. The number of nitrogens with zero attached hydrogens (tertiary/aromatic N) is 1. The van der Waals surface area contributed by atoms with Crippen molar-refractivity contribution in [3.8, 4) is 0 Å². The maximum Gasteiger partial charge on any atom is 0.392 e. The van der Waals surface area contributed by atoms with Gasteiger partial charge in [-0.2, -0.15) is 75.1 Å². The van der Waals surface area contributed by atoms with E-state index in [0.717, 1.165) is 0 Å². The third kappa shape index (κ3) is 1.67. The summed E-state index contributed by atoms with van der Waals surface area (Å²) in [5.41, 5.74) is 0. The van der Waals surface area contributed by atoms with Crippen LogP contribution >= 0.6 is 0 Å². The Bertz CT molecular complexity index is 513. The van der Waals surface area contributed by atoms with Gasteiger partial charge < -0.3 is 0 Å².